The number of furan rings is 1. The molecule has 206 valence electrons. The zero-order valence-electron chi connectivity index (χ0n) is 23.6. The van der Waals surface area contributed by atoms with Gasteiger partial charge in [0.1, 0.15) is 11.2 Å². The van der Waals surface area contributed by atoms with E-state index in [4.69, 9.17) is 19.4 Å². The highest BCUT2D eigenvalue weighted by Crippen LogP contribution is 2.38. The molecule has 0 amide bonds. The van der Waals surface area contributed by atoms with Gasteiger partial charge in [0.25, 0.3) is 0 Å². The van der Waals surface area contributed by atoms with Gasteiger partial charge in [-0.1, -0.05) is 109 Å². The van der Waals surface area contributed by atoms with Gasteiger partial charge in [0.05, 0.1) is 11.0 Å². The van der Waals surface area contributed by atoms with Crippen molar-refractivity contribution in [2.24, 2.45) is 0 Å². The van der Waals surface area contributed by atoms with Crippen molar-refractivity contribution >= 4 is 43.7 Å². The van der Waals surface area contributed by atoms with Gasteiger partial charge in [0.15, 0.2) is 11.6 Å². The Balaban J connectivity index is 1.34. The molecule has 5 heteroatoms. The Morgan fingerprint density at radius 1 is 0.432 bits per heavy atom. The molecule has 9 aromatic rings. The summed E-state index contributed by atoms with van der Waals surface area (Å²) >= 11 is 0. The summed E-state index contributed by atoms with van der Waals surface area (Å²) in [4.78, 5) is 15.3. The van der Waals surface area contributed by atoms with Crippen molar-refractivity contribution < 1.29 is 4.42 Å². The van der Waals surface area contributed by atoms with Gasteiger partial charge >= 0.3 is 0 Å². The van der Waals surface area contributed by atoms with Crippen molar-refractivity contribution in [2.45, 2.75) is 0 Å². The lowest BCUT2D eigenvalue weighted by atomic mass is 9.99. The van der Waals surface area contributed by atoms with Gasteiger partial charge in [-0.05, 0) is 47.5 Å². The van der Waals surface area contributed by atoms with Crippen LogP contribution in [0.3, 0.4) is 0 Å². The predicted octanol–water partition coefficient (Wildman–Crippen LogP) is 9.87. The Hall–Kier alpha value is -6.07. The number of aromatic nitrogens is 4. The van der Waals surface area contributed by atoms with Crippen molar-refractivity contribution in [3.8, 4) is 39.9 Å². The fourth-order valence-corrected chi connectivity index (χ4v) is 6.27. The minimum atomic E-state index is 0.572. The summed E-state index contributed by atoms with van der Waals surface area (Å²) in [5, 5.41) is 4.42. The number of hydrogen-bond acceptors (Lipinski definition) is 4. The third-order valence-electron chi connectivity index (χ3n) is 8.27. The molecule has 5 nitrogen and oxygen atoms in total. The molecule has 0 aliphatic carbocycles. The van der Waals surface area contributed by atoms with Crippen molar-refractivity contribution in [1.82, 2.24) is 19.5 Å². The highest BCUT2D eigenvalue weighted by molar-refractivity contribution is 6.15. The third-order valence-corrected chi connectivity index (χ3v) is 8.27. The molecule has 0 N–H and O–H groups in total. The molecule has 0 spiro atoms. The van der Waals surface area contributed by atoms with Crippen molar-refractivity contribution in [2.75, 3.05) is 0 Å². The normalized spacial score (nSPS) is 11.6. The minimum Gasteiger partial charge on any atom is -0.456 e. The molecule has 0 aliphatic heterocycles. The van der Waals surface area contributed by atoms with Crippen LogP contribution in [0.15, 0.2) is 150 Å². The second-order valence-corrected chi connectivity index (χ2v) is 10.9. The Morgan fingerprint density at radius 2 is 1.07 bits per heavy atom. The first-order valence-electron chi connectivity index (χ1n) is 14.6. The van der Waals surface area contributed by atoms with Crippen LogP contribution in [0.1, 0.15) is 0 Å². The van der Waals surface area contributed by atoms with Crippen LogP contribution >= 0.6 is 0 Å². The first-order valence-corrected chi connectivity index (χ1v) is 14.6. The third kappa shape index (κ3) is 3.83. The van der Waals surface area contributed by atoms with Gasteiger partial charge in [-0.25, -0.2) is 4.98 Å². The molecule has 3 heterocycles. The van der Waals surface area contributed by atoms with Crippen LogP contribution in [0.2, 0.25) is 0 Å². The lowest BCUT2D eigenvalue weighted by molar-refractivity contribution is 0.669. The molecule has 0 radical (unpaired) electrons. The van der Waals surface area contributed by atoms with E-state index in [1.807, 2.05) is 66.7 Å². The predicted molar refractivity (Wildman–Crippen MR) is 178 cm³/mol. The van der Waals surface area contributed by atoms with Crippen LogP contribution < -0.4 is 0 Å². The Labute approximate surface area is 252 Å². The number of hydrogen-bond donors (Lipinski definition) is 0. The molecule has 3 aromatic heterocycles. The minimum absolute atomic E-state index is 0.572. The quantitative estimate of drug-likeness (QED) is 0.213. The SMILES string of the molecule is c1ccc(-c2nc(-c3ccc4oc5ccccc5c4c3)nc(-n3c4ccccc4c4c(-c5ccccc5)cccc43)n2)cc1. The molecule has 0 unspecified atom stereocenters. The van der Waals surface area contributed by atoms with Crippen LogP contribution in [-0.2, 0) is 0 Å². The Bertz CT molecular complexity index is 2490. The zero-order chi connectivity index (χ0) is 29.0. The topological polar surface area (TPSA) is 56.7 Å². The maximum Gasteiger partial charge on any atom is 0.238 e. The molecule has 6 aromatic carbocycles. The fraction of sp³-hybridized carbons (Fsp3) is 0. The average Bonchev–Trinajstić information content (AvgIpc) is 3.64. The lowest BCUT2D eigenvalue weighted by Gasteiger charge is -2.11. The monoisotopic (exact) mass is 564 g/mol. The average molecular weight is 565 g/mol. The van der Waals surface area contributed by atoms with Gasteiger partial charge in [-0.2, -0.15) is 9.97 Å². The second-order valence-electron chi connectivity index (χ2n) is 10.9. The highest BCUT2D eigenvalue weighted by Gasteiger charge is 2.20. The first kappa shape index (κ1) is 24.5. The van der Waals surface area contributed by atoms with Gasteiger partial charge in [0, 0.05) is 32.7 Å². The summed E-state index contributed by atoms with van der Waals surface area (Å²) in [6, 6.07) is 49.8. The van der Waals surface area contributed by atoms with Crippen LogP contribution in [0.25, 0.3) is 83.6 Å². The lowest BCUT2D eigenvalue weighted by Crippen LogP contribution is -2.06. The molecule has 44 heavy (non-hydrogen) atoms. The molecule has 0 aliphatic rings. The van der Waals surface area contributed by atoms with Crippen LogP contribution in [-0.4, -0.2) is 19.5 Å². The van der Waals surface area contributed by atoms with E-state index in [1.54, 1.807) is 0 Å². The Morgan fingerprint density at radius 3 is 1.89 bits per heavy atom. The van der Waals surface area contributed by atoms with Crippen molar-refractivity contribution in [3.63, 3.8) is 0 Å². The van der Waals surface area contributed by atoms with E-state index < -0.39 is 0 Å². The molecule has 0 fully saturated rings. The number of benzene rings is 6. The van der Waals surface area contributed by atoms with Crippen molar-refractivity contribution in [3.05, 3.63) is 146 Å². The van der Waals surface area contributed by atoms with Gasteiger partial charge in [-0.3, -0.25) is 4.57 Å². The summed E-state index contributed by atoms with van der Waals surface area (Å²) in [5.74, 6) is 1.79. The molecule has 0 atom stereocenters. The molecule has 0 bridgehead atoms. The summed E-state index contributed by atoms with van der Waals surface area (Å²) in [6.07, 6.45) is 0. The number of para-hydroxylation sites is 2. The van der Waals surface area contributed by atoms with Gasteiger partial charge in [-0.15, -0.1) is 0 Å². The summed E-state index contributed by atoms with van der Waals surface area (Å²) in [7, 11) is 0. The summed E-state index contributed by atoms with van der Waals surface area (Å²) in [5.41, 5.74) is 7.95. The van der Waals surface area contributed by atoms with Crippen LogP contribution in [0, 0.1) is 0 Å². The Kier molecular flexibility index (Phi) is 5.43. The smallest absolute Gasteiger partial charge is 0.238 e. The van der Waals surface area contributed by atoms with E-state index in [0.29, 0.717) is 17.6 Å². The maximum atomic E-state index is 6.11. The molecular weight excluding hydrogens is 540 g/mol. The molecule has 0 saturated carbocycles. The van der Waals surface area contributed by atoms with E-state index in [1.165, 1.54) is 16.5 Å². The van der Waals surface area contributed by atoms with Crippen molar-refractivity contribution in [1.29, 1.82) is 0 Å². The number of nitrogens with zero attached hydrogens (tertiary/aromatic N) is 4. The molecule has 9 rings (SSSR count). The summed E-state index contributed by atoms with van der Waals surface area (Å²) < 4.78 is 8.27. The highest BCUT2D eigenvalue weighted by atomic mass is 16.3. The number of fused-ring (bicyclic) bond motifs is 6. The zero-order valence-corrected chi connectivity index (χ0v) is 23.6. The first-order chi connectivity index (χ1) is 21.8. The number of rotatable bonds is 4. The van der Waals surface area contributed by atoms with Crippen LogP contribution in [0.4, 0.5) is 0 Å². The fourth-order valence-electron chi connectivity index (χ4n) is 6.27. The second kappa shape index (κ2) is 9.75. The van der Waals surface area contributed by atoms with E-state index in [0.717, 1.165) is 49.5 Å². The molecular formula is C39H24N4O. The van der Waals surface area contributed by atoms with E-state index in [2.05, 4.69) is 83.4 Å². The van der Waals surface area contributed by atoms with E-state index >= 15 is 0 Å². The van der Waals surface area contributed by atoms with Gasteiger partial charge in [0.2, 0.25) is 5.95 Å². The summed E-state index contributed by atoms with van der Waals surface area (Å²) in [6.45, 7) is 0. The van der Waals surface area contributed by atoms with E-state index in [-0.39, 0.29) is 0 Å². The largest absolute Gasteiger partial charge is 0.456 e. The molecule has 0 saturated heterocycles. The van der Waals surface area contributed by atoms with Gasteiger partial charge < -0.3 is 4.42 Å². The maximum absolute atomic E-state index is 6.11. The van der Waals surface area contributed by atoms with E-state index in [9.17, 15) is 0 Å². The standard InChI is InChI=1S/C39H24N4O/c1-3-12-25(13-4-1)28-18-11-20-33-36(28)30-17-7-9-19-32(30)43(33)39-41-37(26-14-5-2-6-15-26)40-38(42-39)27-22-23-35-31(24-27)29-16-8-10-21-34(29)44-35/h1-24H. The van der Waals surface area contributed by atoms with Crippen LogP contribution in [0.5, 0.6) is 0 Å².